The number of aromatic amines is 1. The lowest BCUT2D eigenvalue weighted by Crippen LogP contribution is -2.10. The fraction of sp³-hybridized carbons (Fsp3) is 0.214. The molecule has 0 aliphatic carbocycles. The third-order valence-corrected chi connectivity index (χ3v) is 4.60. The van der Waals surface area contributed by atoms with E-state index >= 15 is 0 Å². The van der Waals surface area contributed by atoms with Crippen molar-refractivity contribution in [2.24, 2.45) is 0 Å². The second kappa shape index (κ2) is 5.27. The summed E-state index contributed by atoms with van der Waals surface area (Å²) in [5.41, 5.74) is 4.79. The lowest BCUT2D eigenvalue weighted by atomic mass is 10.2. The predicted octanol–water partition coefficient (Wildman–Crippen LogP) is 3.98. The number of hydrogen-bond donors (Lipinski definition) is 1. The van der Waals surface area contributed by atoms with Gasteiger partial charge in [-0.05, 0) is 11.6 Å². The number of imidazole rings is 1. The fourth-order valence-electron chi connectivity index (χ4n) is 2.01. The van der Waals surface area contributed by atoms with E-state index in [1.807, 2.05) is 0 Å². The normalized spacial score (nSPS) is 11.1. The number of thiophene rings is 1. The minimum atomic E-state index is 0.924. The maximum absolute atomic E-state index is 4.57. The van der Waals surface area contributed by atoms with Gasteiger partial charge in [-0.25, -0.2) is 4.98 Å². The number of rotatable bonds is 4. The van der Waals surface area contributed by atoms with Crippen molar-refractivity contribution < 1.29 is 0 Å². The first-order valence-electron chi connectivity index (χ1n) is 6.04. The average molecular weight is 289 g/mol. The van der Waals surface area contributed by atoms with E-state index in [1.54, 1.807) is 23.1 Å². The van der Waals surface area contributed by atoms with Crippen molar-refractivity contribution in [2.75, 3.05) is 19.0 Å². The van der Waals surface area contributed by atoms with Crippen molar-refractivity contribution in [1.29, 1.82) is 0 Å². The largest absolute Gasteiger partial charge is 0.377 e. The van der Waals surface area contributed by atoms with Crippen LogP contribution in [0.5, 0.6) is 0 Å². The van der Waals surface area contributed by atoms with Crippen molar-refractivity contribution in [3.8, 4) is 0 Å². The molecule has 0 bridgehead atoms. The van der Waals surface area contributed by atoms with Gasteiger partial charge < -0.3 is 9.88 Å². The Kier molecular flexibility index (Phi) is 3.48. The highest BCUT2D eigenvalue weighted by atomic mass is 32.2. The average Bonchev–Trinajstić information content (AvgIpc) is 2.97. The molecule has 0 aliphatic rings. The molecule has 1 aromatic carbocycles. The Morgan fingerprint density at radius 1 is 1.26 bits per heavy atom. The molecule has 2 aromatic heterocycles. The zero-order valence-electron chi connectivity index (χ0n) is 10.9. The van der Waals surface area contributed by atoms with E-state index in [4.69, 9.17) is 0 Å². The summed E-state index contributed by atoms with van der Waals surface area (Å²) >= 11 is 3.43. The zero-order valence-corrected chi connectivity index (χ0v) is 12.5. The number of thioether (sulfide) groups is 1. The molecule has 3 aromatic rings. The highest BCUT2D eigenvalue weighted by Gasteiger charge is 2.07. The molecule has 0 unspecified atom stereocenters. The topological polar surface area (TPSA) is 31.9 Å². The Hall–Kier alpha value is -1.46. The van der Waals surface area contributed by atoms with Crippen LogP contribution in [0.2, 0.25) is 0 Å². The van der Waals surface area contributed by atoms with Crippen LogP contribution in [0.25, 0.3) is 11.0 Å². The number of nitrogens with zero attached hydrogens (tertiary/aromatic N) is 2. The Bertz CT molecular complexity index is 656. The third-order valence-electron chi connectivity index (χ3n) is 2.94. The van der Waals surface area contributed by atoms with Crippen LogP contribution in [0.4, 0.5) is 5.69 Å². The smallest absolute Gasteiger partial charge is 0.166 e. The van der Waals surface area contributed by atoms with Crippen LogP contribution in [-0.2, 0) is 5.75 Å². The van der Waals surface area contributed by atoms with Crippen LogP contribution in [0.1, 0.15) is 5.56 Å². The van der Waals surface area contributed by atoms with E-state index in [0.29, 0.717) is 0 Å². The summed E-state index contributed by atoms with van der Waals surface area (Å²) in [6.07, 6.45) is 0. The van der Waals surface area contributed by atoms with Gasteiger partial charge in [0.1, 0.15) is 5.52 Å². The predicted molar refractivity (Wildman–Crippen MR) is 84.3 cm³/mol. The van der Waals surface area contributed by atoms with Gasteiger partial charge in [0.05, 0.1) is 5.52 Å². The van der Waals surface area contributed by atoms with Crippen LogP contribution in [-0.4, -0.2) is 24.1 Å². The summed E-state index contributed by atoms with van der Waals surface area (Å²) in [6.45, 7) is 0. The number of nitrogens with one attached hydrogen (secondary N) is 1. The van der Waals surface area contributed by atoms with Crippen molar-refractivity contribution in [1.82, 2.24) is 9.97 Å². The summed E-state index contributed by atoms with van der Waals surface area (Å²) in [6, 6.07) is 8.48. The van der Waals surface area contributed by atoms with E-state index in [2.05, 4.69) is 64.0 Å². The van der Waals surface area contributed by atoms with Gasteiger partial charge in [-0.15, -0.1) is 11.3 Å². The van der Waals surface area contributed by atoms with Crippen LogP contribution in [0.15, 0.2) is 40.2 Å². The number of fused-ring (bicyclic) bond motifs is 1. The summed E-state index contributed by atoms with van der Waals surface area (Å²) in [5, 5.41) is 5.16. The number of anilines is 1. The van der Waals surface area contributed by atoms with E-state index in [-0.39, 0.29) is 0 Å². The van der Waals surface area contributed by atoms with Gasteiger partial charge in [-0.1, -0.05) is 30.0 Å². The van der Waals surface area contributed by atoms with Gasteiger partial charge >= 0.3 is 0 Å². The molecule has 0 spiro atoms. The second-order valence-corrected chi connectivity index (χ2v) is 6.23. The lowest BCUT2D eigenvalue weighted by molar-refractivity contribution is 1.07. The minimum absolute atomic E-state index is 0.924. The molecule has 5 heteroatoms. The molecule has 0 saturated carbocycles. The van der Waals surface area contributed by atoms with E-state index in [1.165, 1.54) is 11.3 Å². The molecule has 0 amide bonds. The first kappa shape index (κ1) is 12.6. The zero-order chi connectivity index (χ0) is 13.2. The van der Waals surface area contributed by atoms with E-state index in [0.717, 1.165) is 21.9 Å². The molecule has 98 valence electrons. The molecular weight excluding hydrogens is 274 g/mol. The fourth-order valence-corrected chi connectivity index (χ4v) is 3.58. The SMILES string of the molecule is CN(C)c1ccccc1CSc1nc2cscc2[nH]1. The number of aromatic nitrogens is 2. The molecule has 1 N–H and O–H groups in total. The summed E-state index contributed by atoms with van der Waals surface area (Å²) < 4.78 is 0. The molecule has 0 fully saturated rings. The maximum Gasteiger partial charge on any atom is 0.166 e. The molecule has 3 rings (SSSR count). The van der Waals surface area contributed by atoms with Gasteiger partial charge in [0, 0.05) is 36.3 Å². The molecule has 2 heterocycles. The van der Waals surface area contributed by atoms with Crippen molar-refractivity contribution in [3.63, 3.8) is 0 Å². The van der Waals surface area contributed by atoms with Crippen LogP contribution in [0.3, 0.4) is 0 Å². The summed E-state index contributed by atoms with van der Waals surface area (Å²) in [5.74, 6) is 0.924. The van der Waals surface area contributed by atoms with Crippen LogP contribution >= 0.6 is 23.1 Å². The van der Waals surface area contributed by atoms with E-state index < -0.39 is 0 Å². The van der Waals surface area contributed by atoms with Gasteiger partial charge in [-0.2, -0.15) is 0 Å². The summed E-state index contributed by atoms with van der Waals surface area (Å²) in [7, 11) is 4.15. The standard InChI is InChI=1S/C14H15N3S2/c1-17(2)13-6-4-3-5-10(13)7-19-14-15-11-8-18-9-12(11)16-14/h3-6,8-9H,7H2,1-2H3,(H,15,16). The third kappa shape index (κ3) is 2.62. The van der Waals surface area contributed by atoms with Crippen molar-refractivity contribution >= 4 is 39.8 Å². The molecule has 3 nitrogen and oxygen atoms in total. The molecule has 0 atom stereocenters. The molecule has 0 aliphatic heterocycles. The van der Waals surface area contributed by atoms with E-state index in [9.17, 15) is 0 Å². The molecule has 0 radical (unpaired) electrons. The monoisotopic (exact) mass is 289 g/mol. The Morgan fingerprint density at radius 2 is 2.11 bits per heavy atom. The first-order chi connectivity index (χ1) is 9.24. The highest BCUT2D eigenvalue weighted by molar-refractivity contribution is 7.98. The van der Waals surface area contributed by atoms with Gasteiger partial charge in [0.25, 0.3) is 0 Å². The van der Waals surface area contributed by atoms with Crippen LogP contribution < -0.4 is 4.90 Å². The maximum atomic E-state index is 4.57. The molecular formula is C14H15N3S2. The number of hydrogen-bond acceptors (Lipinski definition) is 4. The van der Waals surface area contributed by atoms with Crippen LogP contribution in [0, 0.1) is 0 Å². The highest BCUT2D eigenvalue weighted by Crippen LogP contribution is 2.28. The van der Waals surface area contributed by atoms with Crippen molar-refractivity contribution in [3.05, 3.63) is 40.6 Å². The minimum Gasteiger partial charge on any atom is -0.377 e. The second-order valence-electron chi connectivity index (χ2n) is 4.52. The number of benzene rings is 1. The van der Waals surface area contributed by atoms with Gasteiger partial charge in [0.15, 0.2) is 5.16 Å². The van der Waals surface area contributed by atoms with Gasteiger partial charge in [0.2, 0.25) is 0 Å². The number of H-pyrrole nitrogens is 1. The Balaban J connectivity index is 1.77. The quantitative estimate of drug-likeness (QED) is 0.737. The number of para-hydroxylation sites is 1. The lowest BCUT2D eigenvalue weighted by Gasteiger charge is -2.16. The first-order valence-corrected chi connectivity index (χ1v) is 7.97. The Morgan fingerprint density at radius 3 is 2.89 bits per heavy atom. The van der Waals surface area contributed by atoms with Gasteiger partial charge in [-0.3, -0.25) is 0 Å². The Labute approximate surface area is 120 Å². The summed E-state index contributed by atoms with van der Waals surface area (Å²) in [4.78, 5) is 10.1. The van der Waals surface area contributed by atoms with Crippen molar-refractivity contribution in [2.45, 2.75) is 10.9 Å². The molecule has 0 saturated heterocycles. The molecule has 19 heavy (non-hydrogen) atoms.